The fourth-order valence-corrected chi connectivity index (χ4v) is 4.94. The van der Waals surface area contributed by atoms with Crippen molar-refractivity contribution < 1.29 is 22.3 Å². The summed E-state index contributed by atoms with van der Waals surface area (Å²) >= 11 is 1.07. The van der Waals surface area contributed by atoms with Crippen LogP contribution in [0.15, 0.2) is 46.7 Å². The highest BCUT2D eigenvalue weighted by atomic mass is 32.2. The molecule has 0 bridgehead atoms. The average Bonchev–Trinajstić information content (AvgIpc) is 3.12. The number of rotatable bonds is 4. The van der Waals surface area contributed by atoms with E-state index in [0.29, 0.717) is 28.3 Å². The molecule has 0 spiro atoms. The molecular formula is C19H16FN3O4S2. The molecule has 1 aliphatic heterocycles. The zero-order valence-corrected chi connectivity index (χ0v) is 17.0. The van der Waals surface area contributed by atoms with Gasteiger partial charge in [0.1, 0.15) is 16.5 Å². The summed E-state index contributed by atoms with van der Waals surface area (Å²) < 4.78 is 46.9. The van der Waals surface area contributed by atoms with Gasteiger partial charge in [-0.3, -0.25) is 9.52 Å². The number of halogens is 1. The maximum Gasteiger partial charge on any atom is 0.266 e. The maximum atomic E-state index is 14.0. The Morgan fingerprint density at radius 1 is 1.24 bits per heavy atom. The number of nitrogens with zero attached hydrogens (tertiary/aromatic N) is 1. The van der Waals surface area contributed by atoms with E-state index in [1.165, 1.54) is 12.1 Å². The van der Waals surface area contributed by atoms with Gasteiger partial charge in [0, 0.05) is 10.9 Å². The van der Waals surface area contributed by atoms with E-state index in [1.54, 1.807) is 37.4 Å². The number of aromatic nitrogens is 1. The predicted molar refractivity (Wildman–Crippen MR) is 108 cm³/mol. The molecule has 0 aliphatic carbocycles. The van der Waals surface area contributed by atoms with Gasteiger partial charge in [-0.05, 0) is 49.7 Å². The summed E-state index contributed by atoms with van der Waals surface area (Å²) in [6.07, 6.45) is -0.573. The molecule has 29 heavy (non-hydrogen) atoms. The standard InChI is InChI=1S/C19H16FN3O4S2/c1-10-3-5-13(20)17(7-10)29(25,26)23-19-22-15(9-28-19)12-4-6-16-14(8-12)21-18(24)11(2)27-16/h3-9,11H,1-2H3,(H,21,24)(H,22,23). The van der Waals surface area contributed by atoms with Crippen LogP contribution in [0.1, 0.15) is 12.5 Å². The van der Waals surface area contributed by atoms with Crippen LogP contribution in [0.5, 0.6) is 5.75 Å². The summed E-state index contributed by atoms with van der Waals surface area (Å²) in [7, 11) is -4.12. The van der Waals surface area contributed by atoms with Gasteiger partial charge in [-0.25, -0.2) is 17.8 Å². The highest BCUT2D eigenvalue weighted by Gasteiger charge is 2.24. The van der Waals surface area contributed by atoms with Gasteiger partial charge >= 0.3 is 0 Å². The lowest BCUT2D eigenvalue weighted by atomic mass is 10.1. The van der Waals surface area contributed by atoms with Crippen molar-refractivity contribution in [3.05, 3.63) is 53.2 Å². The Kier molecular flexibility index (Phi) is 4.75. The van der Waals surface area contributed by atoms with Gasteiger partial charge in [-0.15, -0.1) is 11.3 Å². The number of carbonyl (C=O) groups is 1. The molecule has 0 radical (unpaired) electrons. The van der Waals surface area contributed by atoms with Crippen molar-refractivity contribution in [1.29, 1.82) is 0 Å². The number of benzene rings is 2. The van der Waals surface area contributed by atoms with E-state index in [9.17, 15) is 17.6 Å². The summed E-state index contributed by atoms with van der Waals surface area (Å²) in [6, 6.07) is 9.05. The quantitative estimate of drug-likeness (QED) is 0.653. The molecule has 3 aromatic rings. The first-order valence-corrected chi connectivity index (χ1v) is 11.0. The van der Waals surface area contributed by atoms with Crippen molar-refractivity contribution in [2.45, 2.75) is 24.8 Å². The Balaban J connectivity index is 1.60. The Labute approximate surface area is 170 Å². The van der Waals surface area contributed by atoms with Crippen LogP contribution < -0.4 is 14.8 Å². The highest BCUT2D eigenvalue weighted by molar-refractivity contribution is 7.93. The normalized spacial score (nSPS) is 16.0. The fourth-order valence-electron chi connectivity index (χ4n) is 2.81. The van der Waals surface area contributed by atoms with Gasteiger partial charge in [0.05, 0.1) is 11.4 Å². The summed E-state index contributed by atoms with van der Waals surface area (Å²) in [5.74, 6) is -0.534. The molecule has 150 valence electrons. The monoisotopic (exact) mass is 433 g/mol. The molecule has 0 saturated carbocycles. The average molecular weight is 433 g/mol. The zero-order chi connectivity index (χ0) is 20.8. The van der Waals surface area contributed by atoms with Crippen LogP contribution in [0.2, 0.25) is 0 Å². The van der Waals surface area contributed by atoms with Crippen LogP contribution >= 0.6 is 11.3 Å². The van der Waals surface area contributed by atoms with E-state index in [-0.39, 0.29) is 11.0 Å². The van der Waals surface area contributed by atoms with Crippen molar-refractivity contribution >= 4 is 38.1 Å². The minimum Gasteiger partial charge on any atom is -0.479 e. The number of thiazole rings is 1. The molecule has 2 heterocycles. The molecule has 7 nitrogen and oxygen atoms in total. The van der Waals surface area contributed by atoms with Crippen LogP contribution in [0.4, 0.5) is 15.2 Å². The summed E-state index contributed by atoms with van der Waals surface area (Å²) in [5, 5.41) is 4.53. The molecule has 1 amide bonds. The molecule has 4 rings (SSSR count). The van der Waals surface area contributed by atoms with Crippen LogP contribution in [0, 0.1) is 12.7 Å². The van der Waals surface area contributed by atoms with Gasteiger partial charge in [0.2, 0.25) is 0 Å². The second-order valence-electron chi connectivity index (χ2n) is 6.54. The number of hydrogen-bond acceptors (Lipinski definition) is 6. The Bertz CT molecular complexity index is 1220. The number of fused-ring (bicyclic) bond motifs is 1. The topological polar surface area (TPSA) is 97.4 Å². The smallest absolute Gasteiger partial charge is 0.266 e. The number of amides is 1. The van der Waals surface area contributed by atoms with Crippen LogP contribution in [0.25, 0.3) is 11.3 Å². The SMILES string of the molecule is Cc1ccc(F)c(S(=O)(=O)Nc2nc(-c3ccc4c(c3)NC(=O)C(C)O4)cs2)c1. The van der Waals surface area contributed by atoms with E-state index in [4.69, 9.17) is 4.74 Å². The third-order valence-electron chi connectivity index (χ3n) is 4.31. The lowest BCUT2D eigenvalue weighted by Crippen LogP contribution is -2.34. The second-order valence-corrected chi connectivity index (χ2v) is 9.05. The third kappa shape index (κ3) is 3.81. The lowest BCUT2D eigenvalue weighted by Gasteiger charge is -2.23. The van der Waals surface area contributed by atoms with Crippen molar-refractivity contribution in [3.8, 4) is 17.0 Å². The second kappa shape index (κ2) is 7.12. The molecule has 2 aromatic carbocycles. The highest BCUT2D eigenvalue weighted by Crippen LogP contribution is 2.35. The number of hydrogen-bond donors (Lipinski definition) is 2. The van der Waals surface area contributed by atoms with E-state index >= 15 is 0 Å². The summed E-state index contributed by atoms with van der Waals surface area (Å²) in [6.45, 7) is 3.33. The van der Waals surface area contributed by atoms with Gasteiger partial charge in [-0.2, -0.15) is 0 Å². The van der Waals surface area contributed by atoms with Crippen molar-refractivity contribution in [2.75, 3.05) is 10.0 Å². The number of carbonyl (C=O) groups excluding carboxylic acids is 1. The number of ether oxygens (including phenoxy) is 1. The van der Waals surface area contributed by atoms with Crippen LogP contribution in [0.3, 0.4) is 0 Å². The molecule has 1 aromatic heterocycles. The molecule has 10 heteroatoms. The number of nitrogens with one attached hydrogen (secondary N) is 2. The largest absolute Gasteiger partial charge is 0.479 e. The minimum absolute atomic E-state index is 0.104. The van der Waals surface area contributed by atoms with Crippen molar-refractivity contribution in [1.82, 2.24) is 4.98 Å². The molecule has 2 N–H and O–H groups in total. The van der Waals surface area contributed by atoms with Gasteiger partial charge in [-0.1, -0.05) is 6.07 Å². The van der Waals surface area contributed by atoms with Gasteiger partial charge in [0.15, 0.2) is 11.2 Å². The Morgan fingerprint density at radius 3 is 2.83 bits per heavy atom. The van der Waals surface area contributed by atoms with E-state index in [1.807, 2.05) is 0 Å². The number of aryl methyl sites for hydroxylation is 1. The molecule has 1 unspecified atom stereocenters. The molecule has 0 saturated heterocycles. The Morgan fingerprint density at radius 2 is 2.03 bits per heavy atom. The first kappa shape index (κ1) is 19.3. The third-order valence-corrected chi connectivity index (χ3v) is 6.55. The van der Waals surface area contributed by atoms with Gasteiger partial charge < -0.3 is 10.1 Å². The Hall–Kier alpha value is -2.98. The van der Waals surface area contributed by atoms with Crippen molar-refractivity contribution in [2.24, 2.45) is 0 Å². The summed E-state index contributed by atoms with van der Waals surface area (Å²) in [4.78, 5) is 15.6. The van der Waals surface area contributed by atoms with Crippen molar-refractivity contribution in [3.63, 3.8) is 0 Å². The van der Waals surface area contributed by atoms with E-state index in [2.05, 4.69) is 15.0 Å². The van der Waals surface area contributed by atoms with E-state index < -0.39 is 26.8 Å². The zero-order valence-electron chi connectivity index (χ0n) is 15.4. The first-order valence-electron chi connectivity index (χ1n) is 8.59. The molecule has 1 atom stereocenters. The molecule has 1 aliphatic rings. The minimum atomic E-state index is -4.12. The lowest BCUT2D eigenvalue weighted by molar-refractivity contribution is -0.122. The molecular weight excluding hydrogens is 417 g/mol. The predicted octanol–water partition coefficient (Wildman–Crippen LogP) is 3.78. The fraction of sp³-hybridized carbons (Fsp3) is 0.158. The number of sulfonamides is 1. The van der Waals surface area contributed by atoms with Crippen LogP contribution in [-0.4, -0.2) is 25.4 Å². The molecule has 0 fully saturated rings. The van der Waals surface area contributed by atoms with Gasteiger partial charge in [0.25, 0.3) is 15.9 Å². The van der Waals surface area contributed by atoms with Crippen LogP contribution in [-0.2, 0) is 14.8 Å². The maximum absolute atomic E-state index is 14.0. The van der Waals surface area contributed by atoms with E-state index in [0.717, 1.165) is 17.4 Å². The first-order chi connectivity index (χ1) is 13.7. The number of anilines is 2. The summed E-state index contributed by atoms with van der Waals surface area (Å²) in [5.41, 5.74) is 2.32.